The molecule has 128 valence electrons. The molecule has 0 saturated carbocycles. The van der Waals surface area contributed by atoms with E-state index < -0.39 is 10.0 Å². The third-order valence-electron chi connectivity index (χ3n) is 4.35. The largest absolute Gasteiger partial charge is 0.371 e. The number of benzene rings is 2. The minimum absolute atomic E-state index is 0.146. The number of sulfonamides is 1. The SMILES string of the molecule is Cc1ccc(S(=O)(=O)NCC2CCN(c3ccccc3)C2)c(Cl)c1. The third-order valence-corrected chi connectivity index (χ3v) is 6.25. The Morgan fingerprint density at radius 1 is 1.21 bits per heavy atom. The van der Waals surface area contributed by atoms with Gasteiger partial charge in [-0.25, -0.2) is 13.1 Å². The van der Waals surface area contributed by atoms with Gasteiger partial charge in [0.05, 0.1) is 5.02 Å². The second-order valence-electron chi connectivity index (χ2n) is 6.22. The molecule has 0 aromatic heterocycles. The fraction of sp³-hybridized carbons (Fsp3) is 0.333. The van der Waals surface area contributed by atoms with E-state index in [0.29, 0.717) is 12.5 Å². The maximum absolute atomic E-state index is 12.5. The van der Waals surface area contributed by atoms with Crippen LogP contribution in [-0.2, 0) is 10.0 Å². The molecule has 4 nitrogen and oxygen atoms in total. The minimum atomic E-state index is -3.58. The van der Waals surface area contributed by atoms with Crippen molar-refractivity contribution in [1.82, 2.24) is 4.72 Å². The summed E-state index contributed by atoms with van der Waals surface area (Å²) in [7, 11) is -3.58. The molecule has 3 rings (SSSR count). The topological polar surface area (TPSA) is 49.4 Å². The van der Waals surface area contributed by atoms with Gasteiger partial charge in [0.25, 0.3) is 0 Å². The van der Waals surface area contributed by atoms with Crippen LogP contribution in [0.5, 0.6) is 0 Å². The molecule has 1 aliphatic rings. The van der Waals surface area contributed by atoms with Crippen LogP contribution < -0.4 is 9.62 Å². The molecule has 1 N–H and O–H groups in total. The standard InChI is InChI=1S/C18H21ClN2O2S/c1-14-7-8-18(17(19)11-14)24(22,23)20-12-15-9-10-21(13-15)16-5-3-2-4-6-16/h2-8,11,15,20H,9-10,12-13H2,1H3. The fourth-order valence-corrected chi connectivity index (χ4v) is 4.71. The summed E-state index contributed by atoms with van der Waals surface area (Å²) in [5, 5.41) is 0.264. The quantitative estimate of drug-likeness (QED) is 0.884. The zero-order valence-electron chi connectivity index (χ0n) is 13.6. The van der Waals surface area contributed by atoms with Crippen LogP contribution in [0.2, 0.25) is 5.02 Å². The number of hydrogen-bond acceptors (Lipinski definition) is 3. The highest BCUT2D eigenvalue weighted by molar-refractivity contribution is 7.89. The van der Waals surface area contributed by atoms with Gasteiger partial charge in [0.2, 0.25) is 10.0 Å². The van der Waals surface area contributed by atoms with Gasteiger partial charge < -0.3 is 4.90 Å². The average molecular weight is 365 g/mol. The maximum Gasteiger partial charge on any atom is 0.242 e. The lowest BCUT2D eigenvalue weighted by Gasteiger charge is -2.18. The van der Waals surface area contributed by atoms with Crippen LogP contribution in [0.3, 0.4) is 0 Å². The van der Waals surface area contributed by atoms with Crippen molar-refractivity contribution in [1.29, 1.82) is 0 Å². The molecule has 1 unspecified atom stereocenters. The molecule has 1 fully saturated rings. The van der Waals surface area contributed by atoms with E-state index in [0.717, 1.165) is 25.1 Å². The van der Waals surface area contributed by atoms with Gasteiger partial charge in [-0.2, -0.15) is 0 Å². The molecule has 0 radical (unpaired) electrons. The van der Waals surface area contributed by atoms with Gasteiger partial charge >= 0.3 is 0 Å². The van der Waals surface area contributed by atoms with Gasteiger partial charge in [0, 0.05) is 25.3 Å². The van der Waals surface area contributed by atoms with E-state index in [1.807, 2.05) is 25.1 Å². The molecule has 0 bridgehead atoms. The summed E-state index contributed by atoms with van der Waals surface area (Å²) in [5.41, 5.74) is 2.12. The first kappa shape index (κ1) is 17.3. The van der Waals surface area contributed by atoms with Crippen LogP contribution in [0.1, 0.15) is 12.0 Å². The Hall–Kier alpha value is -1.56. The van der Waals surface area contributed by atoms with Crippen molar-refractivity contribution in [3.63, 3.8) is 0 Å². The number of anilines is 1. The Balaban J connectivity index is 1.62. The molecule has 2 aromatic rings. The summed E-state index contributed by atoms with van der Waals surface area (Å²) in [6.07, 6.45) is 0.971. The molecule has 0 amide bonds. The Kier molecular flexibility index (Phi) is 5.13. The first-order chi connectivity index (χ1) is 11.5. The highest BCUT2D eigenvalue weighted by Gasteiger charge is 2.25. The maximum atomic E-state index is 12.5. The molecular formula is C18H21ClN2O2S. The van der Waals surface area contributed by atoms with Crippen LogP contribution in [0, 0.1) is 12.8 Å². The minimum Gasteiger partial charge on any atom is -0.371 e. The van der Waals surface area contributed by atoms with Crippen molar-refractivity contribution in [3.8, 4) is 0 Å². The molecular weight excluding hydrogens is 344 g/mol. The monoisotopic (exact) mass is 364 g/mol. The van der Waals surface area contributed by atoms with Crippen molar-refractivity contribution in [2.75, 3.05) is 24.5 Å². The number of nitrogens with zero attached hydrogens (tertiary/aromatic N) is 1. The molecule has 24 heavy (non-hydrogen) atoms. The first-order valence-electron chi connectivity index (χ1n) is 8.01. The Bertz CT molecular complexity index is 809. The highest BCUT2D eigenvalue weighted by Crippen LogP contribution is 2.25. The second kappa shape index (κ2) is 7.13. The molecule has 1 aliphatic heterocycles. The van der Waals surface area contributed by atoms with Crippen LogP contribution >= 0.6 is 11.6 Å². The number of hydrogen-bond donors (Lipinski definition) is 1. The van der Waals surface area contributed by atoms with E-state index in [2.05, 4.69) is 21.8 Å². The highest BCUT2D eigenvalue weighted by atomic mass is 35.5. The first-order valence-corrected chi connectivity index (χ1v) is 9.87. The van der Waals surface area contributed by atoms with Gasteiger partial charge in [-0.15, -0.1) is 0 Å². The van der Waals surface area contributed by atoms with Gasteiger partial charge in [-0.1, -0.05) is 35.9 Å². The smallest absolute Gasteiger partial charge is 0.242 e. The molecule has 0 spiro atoms. The number of halogens is 1. The number of aryl methyl sites for hydroxylation is 1. The van der Waals surface area contributed by atoms with Gasteiger partial charge in [-0.05, 0) is 49.1 Å². The lowest BCUT2D eigenvalue weighted by atomic mass is 10.1. The van der Waals surface area contributed by atoms with Gasteiger partial charge in [0.15, 0.2) is 0 Å². The van der Waals surface area contributed by atoms with E-state index in [4.69, 9.17) is 11.6 Å². The molecule has 1 heterocycles. The number of para-hydroxylation sites is 1. The summed E-state index contributed by atoms with van der Waals surface area (Å²) in [6.45, 7) is 4.11. The van der Waals surface area contributed by atoms with Crippen LogP contribution in [-0.4, -0.2) is 28.1 Å². The Morgan fingerprint density at radius 3 is 2.67 bits per heavy atom. The zero-order chi connectivity index (χ0) is 17.2. The third kappa shape index (κ3) is 3.91. The molecule has 0 aliphatic carbocycles. The average Bonchev–Trinajstić information content (AvgIpc) is 3.02. The molecule has 1 saturated heterocycles. The predicted octanol–water partition coefficient (Wildman–Crippen LogP) is 3.45. The van der Waals surface area contributed by atoms with Crippen molar-refractivity contribution in [3.05, 3.63) is 59.1 Å². The van der Waals surface area contributed by atoms with E-state index in [-0.39, 0.29) is 9.92 Å². The van der Waals surface area contributed by atoms with Crippen molar-refractivity contribution < 1.29 is 8.42 Å². The fourth-order valence-electron chi connectivity index (χ4n) is 3.00. The van der Waals surface area contributed by atoms with Crippen LogP contribution in [0.25, 0.3) is 0 Å². The Morgan fingerprint density at radius 2 is 1.96 bits per heavy atom. The normalized spacial score (nSPS) is 18.1. The summed E-state index contributed by atoms with van der Waals surface area (Å²) >= 11 is 6.09. The van der Waals surface area contributed by atoms with Gasteiger partial charge in [-0.3, -0.25) is 0 Å². The van der Waals surface area contributed by atoms with E-state index in [1.165, 1.54) is 5.69 Å². The summed E-state index contributed by atoms with van der Waals surface area (Å²) in [4.78, 5) is 2.44. The van der Waals surface area contributed by atoms with E-state index in [1.54, 1.807) is 18.2 Å². The van der Waals surface area contributed by atoms with E-state index >= 15 is 0 Å². The number of rotatable bonds is 5. The van der Waals surface area contributed by atoms with Gasteiger partial charge in [0.1, 0.15) is 4.90 Å². The summed E-state index contributed by atoms with van der Waals surface area (Å²) in [5.74, 6) is 0.296. The van der Waals surface area contributed by atoms with Crippen molar-refractivity contribution in [2.45, 2.75) is 18.2 Å². The van der Waals surface area contributed by atoms with E-state index in [9.17, 15) is 8.42 Å². The lowest BCUT2D eigenvalue weighted by Crippen LogP contribution is -2.31. The number of nitrogens with one attached hydrogen (secondary N) is 1. The van der Waals surface area contributed by atoms with Crippen LogP contribution in [0.15, 0.2) is 53.4 Å². The van der Waals surface area contributed by atoms with Crippen molar-refractivity contribution >= 4 is 27.3 Å². The summed E-state index contributed by atoms with van der Waals surface area (Å²) in [6, 6.07) is 15.2. The molecule has 6 heteroatoms. The second-order valence-corrected chi connectivity index (χ2v) is 8.36. The molecule has 2 aromatic carbocycles. The van der Waals surface area contributed by atoms with Crippen molar-refractivity contribution in [2.24, 2.45) is 5.92 Å². The Labute approximate surface area is 148 Å². The molecule has 1 atom stereocenters. The lowest BCUT2D eigenvalue weighted by molar-refractivity contribution is 0.541. The zero-order valence-corrected chi connectivity index (χ0v) is 15.1. The predicted molar refractivity (Wildman–Crippen MR) is 98.1 cm³/mol. The summed E-state index contributed by atoms with van der Waals surface area (Å²) < 4.78 is 27.6. The van der Waals surface area contributed by atoms with Crippen LogP contribution in [0.4, 0.5) is 5.69 Å².